The monoisotopic (exact) mass is 406 g/mol. The van der Waals surface area contributed by atoms with E-state index in [1.54, 1.807) is 6.92 Å². The lowest BCUT2D eigenvalue weighted by molar-refractivity contribution is -0.120. The fourth-order valence-corrected chi connectivity index (χ4v) is 3.74. The highest BCUT2D eigenvalue weighted by molar-refractivity contribution is 5.85. The molecule has 0 bridgehead atoms. The molecule has 0 saturated carbocycles. The number of nitrogens with two attached hydrogens (primary N) is 1. The molecule has 30 heavy (non-hydrogen) atoms. The van der Waals surface area contributed by atoms with Gasteiger partial charge in [-0.2, -0.15) is 15.0 Å². The number of pyridine rings is 1. The number of aromatic nitrogens is 4. The molecule has 0 radical (unpaired) electrons. The Morgan fingerprint density at radius 2 is 2.00 bits per heavy atom. The number of nitrogen functional groups attached to an aromatic ring is 1. The standard InChI is InChI=1S/C21H26N8O/c1-12-5-4-6-15-11-16(13(2)24-21-26-14(3)25-20(22)28-21)19(27-18(12)15)29-9-7-17(30)23-8-10-29/h4-6,11,13H,7-10H2,1-3H3,(H,23,30)(H3,22,24,25,26,28)/t13-/m0/s1. The van der Waals surface area contributed by atoms with Gasteiger partial charge in [-0.15, -0.1) is 0 Å². The molecule has 3 aromatic rings. The van der Waals surface area contributed by atoms with Crippen LogP contribution in [-0.2, 0) is 4.79 Å². The molecular formula is C21H26N8O. The number of carbonyl (C=O) groups excluding carboxylic acids is 1. The third kappa shape index (κ3) is 4.10. The Morgan fingerprint density at radius 1 is 1.17 bits per heavy atom. The van der Waals surface area contributed by atoms with Crippen LogP contribution in [0.4, 0.5) is 17.7 Å². The molecule has 0 aliphatic carbocycles. The molecule has 1 saturated heterocycles. The summed E-state index contributed by atoms with van der Waals surface area (Å²) in [5.41, 5.74) is 8.87. The van der Waals surface area contributed by atoms with E-state index >= 15 is 0 Å². The van der Waals surface area contributed by atoms with Gasteiger partial charge in [-0.3, -0.25) is 4.79 Å². The van der Waals surface area contributed by atoms with Crippen molar-refractivity contribution in [1.82, 2.24) is 25.3 Å². The van der Waals surface area contributed by atoms with Crippen LogP contribution in [0.15, 0.2) is 24.3 Å². The molecule has 156 valence electrons. The van der Waals surface area contributed by atoms with Crippen molar-refractivity contribution in [2.24, 2.45) is 0 Å². The molecule has 1 aliphatic heterocycles. The lowest BCUT2D eigenvalue weighted by Gasteiger charge is -2.27. The summed E-state index contributed by atoms with van der Waals surface area (Å²) in [6, 6.07) is 8.18. The maximum Gasteiger partial charge on any atom is 0.228 e. The van der Waals surface area contributed by atoms with Crippen LogP contribution in [0.5, 0.6) is 0 Å². The average Bonchev–Trinajstić information content (AvgIpc) is 2.91. The molecule has 9 nitrogen and oxygen atoms in total. The summed E-state index contributed by atoms with van der Waals surface area (Å²) in [6.07, 6.45) is 0.442. The second-order valence-electron chi connectivity index (χ2n) is 7.57. The van der Waals surface area contributed by atoms with Crippen molar-refractivity contribution in [3.8, 4) is 0 Å². The number of fused-ring (bicyclic) bond motifs is 1. The molecular weight excluding hydrogens is 380 g/mol. The zero-order valence-corrected chi connectivity index (χ0v) is 17.4. The van der Waals surface area contributed by atoms with Crippen molar-refractivity contribution in [3.05, 3.63) is 41.2 Å². The van der Waals surface area contributed by atoms with Crippen LogP contribution in [0.1, 0.15) is 36.3 Å². The number of nitrogens with one attached hydrogen (secondary N) is 2. The lowest BCUT2D eigenvalue weighted by atomic mass is 10.0. The van der Waals surface area contributed by atoms with E-state index in [1.807, 2.05) is 13.0 Å². The third-order valence-electron chi connectivity index (χ3n) is 5.24. The first-order chi connectivity index (χ1) is 14.4. The molecule has 0 unspecified atom stereocenters. The van der Waals surface area contributed by atoms with Crippen molar-refractivity contribution < 1.29 is 4.79 Å². The Kier molecular flexibility index (Phi) is 5.35. The van der Waals surface area contributed by atoms with Crippen LogP contribution in [0.2, 0.25) is 0 Å². The molecule has 4 rings (SSSR count). The van der Waals surface area contributed by atoms with Crippen molar-refractivity contribution in [3.63, 3.8) is 0 Å². The number of amides is 1. The third-order valence-corrected chi connectivity index (χ3v) is 5.24. The SMILES string of the molecule is Cc1nc(N)nc(N[C@@H](C)c2cc3cccc(C)c3nc2N2CCNC(=O)CC2)n1. The highest BCUT2D eigenvalue weighted by Gasteiger charge is 2.22. The predicted molar refractivity (Wildman–Crippen MR) is 117 cm³/mol. The lowest BCUT2D eigenvalue weighted by Crippen LogP contribution is -2.30. The molecule has 0 spiro atoms. The maximum atomic E-state index is 11.8. The predicted octanol–water partition coefficient (Wildman–Crippen LogP) is 2.12. The van der Waals surface area contributed by atoms with E-state index in [4.69, 9.17) is 10.7 Å². The minimum atomic E-state index is -0.134. The Hall–Kier alpha value is -3.49. The van der Waals surface area contributed by atoms with E-state index in [2.05, 4.69) is 55.6 Å². The highest BCUT2D eigenvalue weighted by Crippen LogP contribution is 2.31. The maximum absolute atomic E-state index is 11.8. The number of hydrogen-bond acceptors (Lipinski definition) is 8. The zero-order valence-electron chi connectivity index (χ0n) is 17.4. The van der Waals surface area contributed by atoms with Crippen molar-refractivity contribution in [2.45, 2.75) is 33.2 Å². The van der Waals surface area contributed by atoms with E-state index < -0.39 is 0 Å². The van der Waals surface area contributed by atoms with Gasteiger partial charge in [-0.05, 0) is 32.4 Å². The van der Waals surface area contributed by atoms with Crippen molar-refractivity contribution in [2.75, 3.05) is 35.6 Å². The van der Waals surface area contributed by atoms with Crippen molar-refractivity contribution >= 4 is 34.5 Å². The van der Waals surface area contributed by atoms with Gasteiger partial charge in [0.15, 0.2) is 0 Å². The van der Waals surface area contributed by atoms with E-state index in [0.717, 1.165) is 27.8 Å². The molecule has 9 heteroatoms. The summed E-state index contributed by atoms with van der Waals surface area (Å²) in [5.74, 6) is 2.10. The quantitative estimate of drug-likeness (QED) is 0.602. The second-order valence-corrected chi connectivity index (χ2v) is 7.57. The normalized spacial score (nSPS) is 15.6. The van der Waals surface area contributed by atoms with Gasteiger partial charge in [0.2, 0.25) is 17.8 Å². The number of para-hydroxylation sites is 1. The number of carbonyl (C=O) groups is 1. The minimum absolute atomic E-state index is 0.0679. The first kappa shape index (κ1) is 19.8. The Balaban J connectivity index is 1.77. The molecule has 4 N–H and O–H groups in total. The van der Waals surface area contributed by atoms with Crippen LogP contribution in [-0.4, -0.2) is 45.5 Å². The van der Waals surface area contributed by atoms with Gasteiger partial charge in [-0.1, -0.05) is 18.2 Å². The molecule has 1 aliphatic rings. The Bertz CT molecular complexity index is 1080. The molecule has 2 aromatic heterocycles. The van der Waals surface area contributed by atoms with Gasteiger partial charge < -0.3 is 21.3 Å². The molecule has 1 aromatic carbocycles. The van der Waals surface area contributed by atoms with Crippen molar-refractivity contribution in [1.29, 1.82) is 0 Å². The summed E-state index contributed by atoms with van der Waals surface area (Å²) < 4.78 is 0. The Morgan fingerprint density at radius 3 is 2.80 bits per heavy atom. The molecule has 1 atom stereocenters. The van der Waals surface area contributed by atoms with E-state index in [-0.39, 0.29) is 17.9 Å². The van der Waals surface area contributed by atoms with Crippen LogP contribution in [0.3, 0.4) is 0 Å². The summed E-state index contributed by atoms with van der Waals surface area (Å²) in [4.78, 5) is 31.6. The van der Waals surface area contributed by atoms with Crippen LogP contribution in [0, 0.1) is 13.8 Å². The number of nitrogens with zero attached hydrogens (tertiary/aromatic N) is 5. The minimum Gasteiger partial charge on any atom is -0.368 e. The number of aryl methyl sites for hydroxylation is 2. The molecule has 1 fully saturated rings. The highest BCUT2D eigenvalue weighted by atomic mass is 16.1. The summed E-state index contributed by atoms with van der Waals surface area (Å²) >= 11 is 0. The fraction of sp³-hybridized carbons (Fsp3) is 0.381. The number of benzene rings is 1. The second kappa shape index (κ2) is 8.10. The van der Waals surface area contributed by atoms with E-state index in [0.29, 0.717) is 37.8 Å². The largest absolute Gasteiger partial charge is 0.368 e. The molecule has 3 heterocycles. The molecule has 1 amide bonds. The van der Waals surface area contributed by atoms with Gasteiger partial charge in [0, 0.05) is 37.0 Å². The van der Waals surface area contributed by atoms with Crippen LogP contribution < -0.4 is 21.3 Å². The summed E-state index contributed by atoms with van der Waals surface area (Å²) in [5, 5.41) is 7.33. The van der Waals surface area contributed by atoms with Gasteiger partial charge in [0.1, 0.15) is 11.6 Å². The summed E-state index contributed by atoms with van der Waals surface area (Å²) in [6.45, 7) is 7.79. The zero-order chi connectivity index (χ0) is 21.3. The van der Waals surface area contributed by atoms with E-state index in [1.165, 1.54) is 0 Å². The number of rotatable bonds is 4. The number of hydrogen-bond donors (Lipinski definition) is 3. The number of anilines is 3. The van der Waals surface area contributed by atoms with E-state index in [9.17, 15) is 4.79 Å². The van der Waals surface area contributed by atoms with Crippen LogP contribution in [0.25, 0.3) is 10.9 Å². The topological polar surface area (TPSA) is 122 Å². The first-order valence-corrected chi connectivity index (χ1v) is 10.1. The first-order valence-electron chi connectivity index (χ1n) is 10.1. The average molecular weight is 406 g/mol. The van der Waals surface area contributed by atoms with Crippen LogP contribution >= 0.6 is 0 Å². The summed E-state index contributed by atoms with van der Waals surface area (Å²) in [7, 11) is 0. The fourth-order valence-electron chi connectivity index (χ4n) is 3.74. The van der Waals surface area contributed by atoms with Gasteiger partial charge in [0.05, 0.1) is 11.6 Å². The van der Waals surface area contributed by atoms with Gasteiger partial charge >= 0.3 is 0 Å². The van der Waals surface area contributed by atoms with Gasteiger partial charge in [0.25, 0.3) is 0 Å². The smallest absolute Gasteiger partial charge is 0.228 e. The van der Waals surface area contributed by atoms with Gasteiger partial charge in [-0.25, -0.2) is 4.98 Å². The Labute approximate surface area is 175 Å².